The van der Waals surface area contributed by atoms with Crippen molar-refractivity contribution in [3.8, 4) is 23.2 Å². The summed E-state index contributed by atoms with van der Waals surface area (Å²) in [6, 6.07) is 4.54. The fourth-order valence-corrected chi connectivity index (χ4v) is 5.65. The van der Waals surface area contributed by atoms with Gasteiger partial charge < -0.3 is 25.4 Å². The number of halogens is 1. The zero-order chi connectivity index (χ0) is 26.2. The van der Waals surface area contributed by atoms with E-state index in [0.29, 0.717) is 36.5 Å². The Labute approximate surface area is 211 Å². The van der Waals surface area contributed by atoms with E-state index in [4.69, 9.17) is 5.73 Å². The van der Waals surface area contributed by atoms with Crippen LogP contribution in [-0.4, -0.2) is 65.5 Å². The molecular formula is C26H25FN6O4. The Morgan fingerprint density at radius 2 is 2.08 bits per heavy atom. The summed E-state index contributed by atoms with van der Waals surface area (Å²) in [6.07, 6.45) is 1.84. The molecule has 0 radical (unpaired) electrons. The number of nitrogens with two attached hydrogens (primary N) is 1. The molecule has 2 atom stereocenters. The number of aryl methyl sites for hydroxylation is 1. The summed E-state index contributed by atoms with van der Waals surface area (Å²) in [7, 11) is 3.26. The van der Waals surface area contributed by atoms with Crippen molar-refractivity contribution in [2.45, 2.75) is 42.9 Å². The van der Waals surface area contributed by atoms with Gasteiger partial charge in [-0.1, -0.05) is 11.8 Å². The number of nitrogens with zero attached hydrogens (tertiary/aromatic N) is 5. The molecular weight excluding hydrogens is 479 g/mol. The molecule has 2 aromatic heterocycles. The Hall–Kier alpha value is -4.01. The molecule has 1 saturated carbocycles. The maximum atomic E-state index is 15.2. The lowest BCUT2D eigenvalue weighted by molar-refractivity contribution is -0.137. The van der Waals surface area contributed by atoms with E-state index in [-0.39, 0.29) is 35.3 Å². The SMILES string of the molecule is CN1CC[C@@](O)(C#Cc2cc3c(cc2F)C2CC(C2)n2c-3nc(C(N)=O)c2[C@H](O)c2ccnn2C)C1=O. The summed E-state index contributed by atoms with van der Waals surface area (Å²) in [5, 5.41) is 26.1. The van der Waals surface area contributed by atoms with Crippen LogP contribution < -0.4 is 5.73 Å². The largest absolute Gasteiger partial charge is 0.380 e. The van der Waals surface area contributed by atoms with E-state index in [1.54, 1.807) is 26.4 Å². The van der Waals surface area contributed by atoms with Crippen LogP contribution in [0.2, 0.25) is 0 Å². The minimum Gasteiger partial charge on any atom is -0.380 e. The van der Waals surface area contributed by atoms with Gasteiger partial charge in [-0.05, 0) is 42.5 Å². The summed E-state index contributed by atoms with van der Waals surface area (Å²) in [5.41, 5.74) is 5.80. The quantitative estimate of drug-likeness (QED) is 0.455. The molecule has 0 unspecified atom stereocenters. The molecule has 1 aromatic carbocycles. The number of hydrogen-bond donors (Lipinski definition) is 3. The van der Waals surface area contributed by atoms with Crippen LogP contribution in [0.15, 0.2) is 24.4 Å². The molecule has 4 aliphatic rings. The fraction of sp³-hybridized carbons (Fsp3) is 0.385. The van der Waals surface area contributed by atoms with E-state index in [1.807, 2.05) is 4.57 Å². The number of carbonyl (C=O) groups is 2. The van der Waals surface area contributed by atoms with Gasteiger partial charge in [0.25, 0.3) is 11.8 Å². The summed E-state index contributed by atoms with van der Waals surface area (Å²) in [5.74, 6) is 3.81. The Morgan fingerprint density at radius 3 is 2.70 bits per heavy atom. The van der Waals surface area contributed by atoms with Gasteiger partial charge in [-0.2, -0.15) is 5.10 Å². The van der Waals surface area contributed by atoms with Crippen LogP contribution in [-0.2, 0) is 11.8 Å². The molecule has 0 spiro atoms. The van der Waals surface area contributed by atoms with Gasteiger partial charge in [0, 0.05) is 44.9 Å². The van der Waals surface area contributed by atoms with Crippen LogP contribution in [0, 0.1) is 17.7 Å². The Bertz CT molecular complexity index is 1540. The second kappa shape index (κ2) is 7.99. The Morgan fingerprint density at radius 1 is 1.32 bits per heavy atom. The predicted octanol–water partition coefficient (Wildman–Crippen LogP) is 0.980. The van der Waals surface area contributed by atoms with Gasteiger partial charge in [-0.15, -0.1) is 0 Å². The third-order valence-corrected chi connectivity index (χ3v) is 7.79. The number of primary amides is 1. The second-order valence-corrected chi connectivity index (χ2v) is 10.0. The molecule has 2 fully saturated rings. The van der Waals surface area contributed by atoms with Crippen molar-refractivity contribution >= 4 is 11.8 Å². The molecule has 190 valence electrons. The van der Waals surface area contributed by atoms with Crippen LogP contribution in [0.4, 0.5) is 4.39 Å². The average molecular weight is 505 g/mol. The number of likely N-dealkylation sites (N-methyl/N-ethyl adjacent to an activating group) is 1. The number of hydrogen-bond acceptors (Lipinski definition) is 6. The second-order valence-electron chi connectivity index (χ2n) is 10.0. The standard InChI is InChI=1S/C26H25FN6O4/c1-31-8-6-26(37,25(31)36)5-3-13-11-17-16(12-18(13)27)14-9-15(10-14)33-21(20(23(28)35)30-24(17)33)22(34)19-4-7-29-32(19)2/h4,7,11-12,14-15,22,34,37H,6,8-10H2,1-2H3,(H2,28,35)/t14?,15?,22-,26+/m1/s1. The topological polar surface area (TPSA) is 140 Å². The van der Waals surface area contributed by atoms with E-state index in [1.165, 1.54) is 21.7 Å². The predicted molar refractivity (Wildman–Crippen MR) is 129 cm³/mol. The lowest BCUT2D eigenvalue weighted by Gasteiger charge is -2.36. The molecule has 5 heterocycles. The van der Waals surface area contributed by atoms with Gasteiger partial charge in [0.15, 0.2) is 5.69 Å². The van der Waals surface area contributed by atoms with E-state index in [9.17, 15) is 19.8 Å². The van der Waals surface area contributed by atoms with Gasteiger partial charge in [-0.3, -0.25) is 14.3 Å². The molecule has 10 nitrogen and oxygen atoms in total. The highest BCUT2D eigenvalue weighted by Gasteiger charge is 2.44. The molecule has 1 saturated heterocycles. The zero-order valence-corrected chi connectivity index (χ0v) is 20.3. The zero-order valence-electron chi connectivity index (χ0n) is 20.3. The summed E-state index contributed by atoms with van der Waals surface area (Å²) in [6.45, 7) is 0.356. The first-order chi connectivity index (χ1) is 17.6. The van der Waals surface area contributed by atoms with Gasteiger partial charge in [0.2, 0.25) is 5.60 Å². The number of rotatable bonds is 3. The van der Waals surface area contributed by atoms with Crippen LogP contribution in [0.5, 0.6) is 0 Å². The lowest BCUT2D eigenvalue weighted by Crippen LogP contribution is -2.37. The van der Waals surface area contributed by atoms with Crippen molar-refractivity contribution in [3.63, 3.8) is 0 Å². The number of aliphatic hydroxyl groups excluding tert-OH is 1. The van der Waals surface area contributed by atoms with Crippen LogP contribution in [0.3, 0.4) is 0 Å². The monoisotopic (exact) mass is 504 g/mol. The molecule has 2 bridgehead atoms. The van der Waals surface area contributed by atoms with Crippen LogP contribution >= 0.6 is 0 Å². The van der Waals surface area contributed by atoms with Crippen molar-refractivity contribution in [3.05, 3.63) is 58.4 Å². The summed E-state index contributed by atoms with van der Waals surface area (Å²) < 4.78 is 18.5. The molecule has 11 heteroatoms. The third kappa shape index (κ3) is 3.40. The first-order valence-corrected chi connectivity index (χ1v) is 12.0. The van der Waals surface area contributed by atoms with Crippen LogP contribution in [0.1, 0.15) is 70.3 Å². The minimum absolute atomic E-state index is 0.00228. The Kier molecular flexibility index (Phi) is 5.05. The van der Waals surface area contributed by atoms with E-state index in [0.717, 1.165) is 5.56 Å². The molecule has 7 rings (SSSR count). The van der Waals surface area contributed by atoms with Crippen molar-refractivity contribution in [2.75, 3.05) is 13.6 Å². The molecule has 3 aromatic rings. The number of aliphatic hydroxyl groups is 2. The normalized spacial score (nSPS) is 24.5. The third-order valence-electron chi connectivity index (χ3n) is 7.79. The molecule has 1 aliphatic carbocycles. The van der Waals surface area contributed by atoms with Gasteiger partial charge >= 0.3 is 0 Å². The van der Waals surface area contributed by atoms with E-state index >= 15 is 4.39 Å². The first-order valence-electron chi connectivity index (χ1n) is 12.0. The van der Waals surface area contributed by atoms with Crippen molar-refractivity contribution in [2.24, 2.45) is 12.8 Å². The maximum absolute atomic E-state index is 15.2. The maximum Gasteiger partial charge on any atom is 0.269 e. The number of likely N-dealkylation sites (tertiary alicyclic amines) is 1. The van der Waals surface area contributed by atoms with Gasteiger partial charge in [0.1, 0.15) is 17.7 Å². The molecule has 4 N–H and O–H groups in total. The highest BCUT2D eigenvalue weighted by molar-refractivity contribution is 5.93. The highest BCUT2D eigenvalue weighted by atomic mass is 19.1. The Balaban J connectivity index is 1.52. The van der Waals surface area contributed by atoms with E-state index in [2.05, 4.69) is 21.9 Å². The summed E-state index contributed by atoms with van der Waals surface area (Å²) >= 11 is 0. The number of imidazole rings is 1. The number of benzene rings is 1. The van der Waals surface area contributed by atoms with Crippen molar-refractivity contribution in [1.82, 2.24) is 24.2 Å². The van der Waals surface area contributed by atoms with Crippen LogP contribution in [0.25, 0.3) is 11.4 Å². The van der Waals surface area contributed by atoms with E-state index < -0.39 is 29.3 Å². The average Bonchev–Trinajstić information content (AvgIpc) is 3.46. The van der Waals surface area contributed by atoms with Gasteiger partial charge in [0.05, 0.1) is 17.0 Å². The number of aromatic nitrogens is 4. The minimum atomic E-state index is -1.87. The molecule has 2 amide bonds. The highest BCUT2D eigenvalue weighted by Crippen LogP contribution is 2.54. The fourth-order valence-electron chi connectivity index (χ4n) is 5.65. The molecule has 37 heavy (non-hydrogen) atoms. The number of amides is 2. The molecule has 3 aliphatic heterocycles. The lowest BCUT2D eigenvalue weighted by atomic mass is 9.75. The van der Waals surface area contributed by atoms with Crippen molar-refractivity contribution < 1.29 is 24.2 Å². The summed E-state index contributed by atoms with van der Waals surface area (Å²) in [4.78, 5) is 30.7. The van der Waals surface area contributed by atoms with Gasteiger partial charge in [-0.25, -0.2) is 9.37 Å². The smallest absolute Gasteiger partial charge is 0.269 e. The first kappa shape index (κ1) is 23.4. The number of carbonyl (C=O) groups excluding carboxylic acids is 2. The van der Waals surface area contributed by atoms with Crippen molar-refractivity contribution in [1.29, 1.82) is 0 Å².